The Hall–Kier alpha value is -3.16. The van der Waals surface area contributed by atoms with Gasteiger partial charge in [0.1, 0.15) is 0 Å². The fourth-order valence-electron chi connectivity index (χ4n) is 4.40. The molecule has 6 aromatic rings. The Kier molecular flexibility index (Phi) is 3.50. The third-order valence-corrected chi connectivity index (χ3v) is 6.88. The first kappa shape index (κ1) is 15.9. The van der Waals surface area contributed by atoms with Gasteiger partial charge in [-0.05, 0) is 45.2 Å². The summed E-state index contributed by atoms with van der Waals surface area (Å²) in [5.74, 6) is 0. The second-order valence-corrected chi connectivity index (χ2v) is 8.43. The fraction of sp³-hybridized carbons (Fsp3) is 0.0370. The van der Waals surface area contributed by atoms with Crippen LogP contribution < -0.4 is 0 Å². The molecule has 0 bridgehead atoms. The van der Waals surface area contributed by atoms with Crippen molar-refractivity contribution in [3.05, 3.63) is 108 Å². The van der Waals surface area contributed by atoms with Gasteiger partial charge in [0, 0.05) is 20.2 Å². The first-order valence-corrected chi connectivity index (χ1v) is 10.5. The van der Waals surface area contributed by atoms with Gasteiger partial charge in [-0.15, -0.1) is 11.3 Å². The van der Waals surface area contributed by atoms with E-state index >= 15 is 0 Å². The molecule has 6 rings (SSSR count). The molecular weight excluding hydrogens is 356 g/mol. The minimum absolute atomic E-state index is 0.965. The van der Waals surface area contributed by atoms with E-state index in [1.165, 1.54) is 52.8 Å². The van der Waals surface area contributed by atoms with Crippen LogP contribution in [-0.4, -0.2) is 0 Å². The van der Waals surface area contributed by atoms with E-state index in [0.29, 0.717) is 0 Å². The lowest BCUT2D eigenvalue weighted by Gasteiger charge is -2.09. The van der Waals surface area contributed by atoms with E-state index in [9.17, 15) is 0 Å². The Morgan fingerprint density at radius 2 is 1.29 bits per heavy atom. The molecule has 0 N–H and O–H groups in total. The van der Waals surface area contributed by atoms with E-state index < -0.39 is 0 Å². The lowest BCUT2D eigenvalue weighted by Crippen LogP contribution is -1.90. The van der Waals surface area contributed by atoms with E-state index in [4.69, 9.17) is 0 Å². The van der Waals surface area contributed by atoms with Gasteiger partial charge in [-0.3, -0.25) is 0 Å². The third kappa shape index (κ3) is 2.37. The van der Waals surface area contributed by atoms with Crippen LogP contribution in [0.15, 0.2) is 97.1 Å². The zero-order chi connectivity index (χ0) is 18.5. The van der Waals surface area contributed by atoms with Crippen molar-refractivity contribution in [2.24, 2.45) is 0 Å². The van der Waals surface area contributed by atoms with Gasteiger partial charge in [-0.25, -0.2) is 0 Å². The van der Waals surface area contributed by atoms with Crippen molar-refractivity contribution in [3.8, 4) is 0 Å². The quantitative estimate of drug-likeness (QED) is 0.288. The number of hydrogen-bond acceptors (Lipinski definition) is 1. The SMILES string of the molecule is c1ccc(Cc2cc3sc4c5ccccc5ccc4c3c3ccccc23)cc1. The van der Waals surface area contributed by atoms with Gasteiger partial charge >= 0.3 is 0 Å². The van der Waals surface area contributed by atoms with Crippen LogP contribution in [0.25, 0.3) is 41.7 Å². The Labute approximate surface area is 167 Å². The molecule has 0 amide bonds. The molecule has 0 aliphatic rings. The summed E-state index contributed by atoms with van der Waals surface area (Å²) >= 11 is 1.93. The molecule has 0 radical (unpaired) electrons. The summed E-state index contributed by atoms with van der Waals surface area (Å²) in [5.41, 5.74) is 2.77. The summed E-state index contributed by atoms with van der Waals surface area (Å²) in [5, 5.41) is 8.18. The van der Waals surface area contributed by atoms with E-state index in [2.05, 4.69) is 97.1 Å². The van der Waals surface area contributed by atoms with Crippen LogP contribution in [0.3, 0.4) is 0 Å². The van der Waals surface area contributed by atoms with Crippen molar-refractivity contribution >= 4 is 53.1 Å². The minimum atomic E-state index is 0.965. The number of benzene rings is 5. The summed E-state index contributed by atoms with van der Waals surface area (Å²) in [4.78, 5) is 0. The molecule has 0 aliphatic carbocycles. The number of fused-ring (bicyclic) bond motifs is 7. The highest BCUT2D eigenvalue weighted by molar-refractivity contribution is 7.26. The van der Waals surface area contributed by atoms with Crippen molar-refractivity contribution in [1.82, 2.24) is 0 Å². The van der Waals surface area contributed by atoms with Crippen molar-refractivity contribution in [3.63, 3.8) is 0 Å². The normalized spacial score (nSPS) is 11.7. The number of rotatable bonds is 2. The third-order valence-electron chi connectivity index (χ3n) is 5.69. The molecule has 0 unspecified atom stereocenters. The van der Waals surface area contributed by atoms with Crippen LogP contribution in [0.1, 0.15) is 11.1 Å². The van der Waals surface area contributed by atoms with Crippen LogP contribution in [0.5, 0.6) is 0 Å². The highest BCUT2D eigenvalue weighted by Gasteiger charge is 2.14. The van der Waals surface area contributed by atoms with Crippen LogP contribution >= 0.6 is 11.3 Å². The Morgan fingerprint density at radius 1 is 0.571 bits per heavy atom. The van der Waals surface area contributed by atoms with Crippen molar-refractivity contribution in [2.45, 2.75) is 6.42 Å². The molecule has 0 aliphatic heterocycles. The molecule has 1 heterocycles. The van der Waals surface area contributed by atoms with Gasteiger partial charge in [0.05, 0.1) is 0 Å². The minimum Gasteiger partial charge on any atom is -0.134 e. The second-order valence-electron chi connectivity index (χ2n) is 7.38. The van der Waals surface area contributed by atoms with E-state index in [0.717, 1.165) is 6.42 Å². The van der Waals surface area contributed by atoms with Gasteiger partial charge in [0.2, 0.25) is 0 Å². The largest absolute Gasteiger partial charge is 0.134 e. The monoisotopic (exact) mass is 374 g/mol. The summed E-state index contributed by atoms with van der Waals surface area (Å²) in [6.07, 6.45) is 0.965. The van der Waals surface area contributed by atoms with Gasteiger partial charge in [-0.2, -0.15) is 0 Å². The lowest BCUT2D eigenvalue weighted by molar-refractivity contribution is 1.22. The molecule has 0 spiro atoms. The molecule has 28 heavy (non-hydrogen) atoms. The highest BCUT2D eigenvalue weighted by atomic mass is 32.1. The van der Waals surface area contributed by atoms with Gasteiger partial charge in [0.15, 0.2) is 0 Å². The van der Waals surface area contributed by atoms with E-state index in [-0.39, 0.29) is 0 Å². The van der Waals surface area contributed by atoms with Gasteiger partial charge in [0.25, 0.3) is 0 Å². The lowest BCUT2D eigenvalue weighted by atomic mass is 9.95. The van der Waals surface area contributed by atoms with Crippen LogP contribution in [-0.2, 0) is 6.42 Å². The molecule has 1 heteroatoms. The van der Waals surface area contributed by atoms with Crippen molar-refractivity contribution in [1.29, 1.82) is 0 Å². The molecule has 0 saturated carbocycles. The average molecular weight is 375 g/mol. The van der Waals surface area contributed by atoms with Crippen molar-refractivity contribution in [2.75, 3.05) is 0 Å². The van der Waals surface area contributed by atoms with Crippen molar-refractivity contribution < 1.29 is 0 Å². The summed E-state index contributed by atoms with van der Waals surface area (Å²) in [7, 11) is 0. The molecular formula is C27H18S. The van der Waals surface area contributed by atoms with Gasteiger partial charge in [-0.1, -0.05) is 91.0 Å². The molecule has 1 aromatic heterocycles. The zero-order valence-corrected chi connectivity index (χ0v) is 16.2. The number of hydrogen-bond donors (Lipinski definition) is 0. The van der Waals surface area contributed by atoms with Crippen LogP contribution in [0.2, 0.25) is 0 Å². The first-order chi connectivity index (χ1) is 13.9. The topological polar surface area (TPSA) is 0 Å². The predicted molar refractivity (Wildman–Crippen MR) is 124 cm³/mol. The maximum absolute atomic E-state index is 2.42. The summed E-state index contributed by atoms with van der Waals surface area (Å²) in [6.45, 7) is 0. The van der Waals surface area contributed by atoms with Crippen LogP contribution in [0, 0.1) is 0 Å². The summed E-state index contributed by atoms with van der Waals surface area (Å²) < 4.78 is 2.78. The predicted octanol–water partition coefficient (Wildman–Crippen LogP) is 7.95. The van der Waals surface area contributed by atoms with E-state index in [1.807, 2.05) is 11.3 Å². The van der Waals surface area contributed by atoms with Crippen LogP contribution in [0.4, 0.5) is 0 Å². The van der Waals surface area contributed by atoms with Gasteiger partial charge < -0.3 is 0 Å². The smallest absolute Gasteiger partial charge is 0.0434 e. The molecule has 0 atom stereocenters. The first-order valence-electron chi connectivity index (χ1n) is 9.67. The Bertz CT molecular complexity index is 1470. The molecule has 0 saturated heterocycles. The molecule has 132 valence electrons. The molecule has 5 aromatic carbocycles. The van der Waals surface area contributed by atoms with E-state index in [1.54, 1.807) is 0 Å². The second kappa shape index (κ2) is 6.19. The zero-order valence-electron chi connectivity index (χ0n) is 15.4. The summed E-state index contributed by atoms with van der Waals surface area (Å²) in [6, 6.07) is 35.4. The Morgan fingerprint density at radius 3 is 2.14 bits per heavy atom. The average Bonchev–Trinajstić information content (AvgIpc) is 3.14. The standard InChI is InChI=1S/C27H18S/c1-2-8-18(9-3-1)16-20-17-25-26(23-13-7-6-11-21(20)23)24-15-14-19-10-4-5-12-22(19)27(24)28-25/h1-15,17H,16H2. The molecule has 0 nitrogen and oxygen atoms in total. The maximum atomic E-state index is 2.42. The fourth-order valence-corrected chi connectivity index (χ4v) is 5.72. The number of thiophene rings is 1. The maximum Gasteiger partial charge on any atom is 0.0434 e. The highest BCUT2D eigenvalue weighted by Crippen LogP contribution is 2.43. The molecule has 0 fully saturated rings. The Balaban J connectivity index is 1.72.